The van der Waals surface area contributed by atoms with Gasteiger partial charge in [-0.3, -0.25) is 0 Å². The lowest BCUT2D eigenvalue weighted by atomic mass is 10.2. The molecule has 16 heavy (non-hydrogen) atoms. The normalized spacial score (nSPS) is 24.6. The molecule has 3 atom stereocenters. The Morgan fingerprint density at radius 3 is 2.75 bits per heavy atom. The molecule has 4 nitrogen and oxygen atoms in total. The predicted molar refractivity (Wildman–Crippen MR) is 61.7 cm³/mol. The second-order valence-electron chi connectivity index (χ2n) is 4.34. The van der Waals surface area contributed by atoms with Crippen LogP contribution in [-0.2, 0) is 18.9 Å². The van der Waals surface area contributed by atoms with Gasteiger partial charge in [0.05, 0.1) is 31.5 Å². The van der Waals surface area contributed by atoms with Gasteiger partial charge in [0.2, 0.25) is 0 Å². The summed E-state index contributed by atoms with van der Waals surface area (Å²) >= 11 is 0. The van der Waals surface area contributed by atoms with Crippen molar-refractivity contribution in [3.63, 3.8) is 0 Å². The second-order valence-corrected chi connectivity index (χ2v) is 4.34. The summed E-state index contributed by atoms with van der Waals surface area (Å²) in [6, 6.07) is 0. The van der Waals surface area contributed by atoms with E-state index in [1.165, 1.54) is 0 Å². The molecule has 0 aromatic heterocycles. The molecule has 0 amide bonds. The Morgan fingerprint density at radius 1 is 1.31 bits per heavy atom. The molecule has 0 saturated carbocycles. The van der Waals surface area contributed by atoms with Crippen molar-refractivity contribution in [3.8, 4) is 0 Å². The molecule has 1 saturated heterocycles. The van der Waals surface area contributed by atoms with Crippen molar-refractivity contribution < 1.29 is 18.9 Å². The molecule has 0 aliphatic carbocycles. The summed E-state index contributed by atoms with van der Waals surface area (Å²) in [6.45, 7) is 7.03. The molecule has 4 heteroatoms. The van der Waals surface area contributed by atoms with Gasteiger partial charge >= 0.3 is 0 Å². The van der Waals surface area contributed by atoms with E-state index in [9.17, 15) is 0 Å². The number of hydrogen-bond acceptors (Lipinski definition) is 4. The molecule has 0 aromatic carbocycles. The highest BCUT2D eigenvalue weighted by molar-refractivity contribution is 4.65. The summed E-state index contributed by atoms with van der Waals surface area (Å²) in [7, 11) is 1.69. The van der Waals surface area contributed by atoms with E-state index in [2.05, 4.69) is 6.92 Å². The van der Waals surface area contributed by atoms with Gasteiger partial charge in [-0.1, -0.05) is 0 Å². The predicted octanol–water partition coefficient (Wildman–Crippen LogP) is 1.62. The Hall–Kier alpha value is -0.160. The van der Waals surface area contributed by atoms with Gasteiger partial charge in [0, 0.05) is 20.3 Å². The standard InChI is InChI=1S/C12H24O4/c1-10(16-12-5-7-15-9-12)4-6-14-8-11(2)13-3/h10-12H,4-9H2,1-3H3. The quantitative estimate of drug-likeness (QED) is 0.596. The molecule has 96 valence electrons. The maximum Gasteiger partial charge on any atom is 0.0834 e. The smallest absolute Gasteiger partial charge is 0.0834 e. The molecule has 0 bridgehead atoms. The monoisotopic (exact) mass is 232 g/mol. The van der Waals surface area contributed by atoms with E-state index < -0.39 is 0 Å². The zero-order chi connectivity index (χ0) is 11.8. The van der Waals surface area contributed by atoms with Gasteiger partial charge in [-0.15, -0.1) is 0 Å². The van der Waals surface area contributed by atoms with Gasteiger partial charge < -0.3 is 18.9 Å². The van der Waals surface area contributed by atoms with Crippen LogP contribution in [0.15, 0.2) is 0 Å². The van der Waals surface area contributed by atoms with Crippen LogP contribution in [0, 0.1) is 0 Å². The highest BCUT2D eigenvalue weighted by Gasteiger charge is 2.18. The largest absolute Gasteiger partial charge is 0.379 e. The third kappa shape index (κ3) is 5.80. The van der Waals surface area contributed by atoms with Gasteiger partial charge in [0.1, 0.15) is 0 Å². The first-order chi connectivity index (χ1) is 7.72. The van der Waals surface area contributed by atoms with Crippen molar-refractivity contribution in [3.05, 3.63) is 0 Å². The third-order valence-corrected chi connectivity index (χ3v) is 2.74. The Morgan fingerprint density at radius 2 is 2.12 bits per heavy atom. The van der Waals surface area contributed by atoms with Gasteiger partial charge in [-0.25, -0.2) is 0 Å². The zero-order valence-corrected chi connectivity index (χ0v) is 10.6. The molecular weight excluding hydrogens is 208 g/mol. The maximum atomic E-state index is 5.81. The highest BCUT2D eigenvalue weighted by Crippen LogP contribution is 2.12. The number of rotatable bonds is 8. The molecule has 1 heterocycles. The molecule has 1 fully saturated rings. The summed E-state index contributed by atoms with van der Waals surface area (Å²) in [5.74, 6) is 0. The van der Waals surface area contributed by atoms with Crippen LogP contribution in [0.1, 0.15) is 26.7 Å². The first-order valence-corrected chi connectivity index (χ1v) is 6.06. The molecule has 1 rings (SSSR count). The molecule has 3 unspecified atom stereocenters. The fourth-order valence-corrected chi connectivity index (χ4v) is 1.58. The van der Waals surface area contributed by atoms with Gasteiger partial charge in [-0.2, -0.15) is 0 Å². The highest BCUT2D eigenvalue weighted by atomic mass is 16.6. The van der Waals surface area contributed by atoms with Crippen LogP contribution in [0.5, 0.6) is 0 Å². The Kier molecular flexibility index (Phi) is 6.96. The SMILES string of the molecule is COC(C)COCCC(C)OC1CCOC1. The summed E-state index contributed by atoms with van der Waals surface area (Å²) in [5, 5.41) is 0. The van der Waals surface area contributed by atoms with E-state index in [-0.39, 0.29) is 18.3 Å². The maximum absolute atomic E-state index is 5.81. The number of ether oxygens (including phenoxy) is 4. The first kappa shape index (κ1) is 13.9. The van der Waals surface area contributed by atoms with Crippen LogP contribution >= 0.6 is 0 Å². The van der Waals surface area contributed by atoms with Crippen LogP contribution in [0.25, 0.3) is 0 Å². The van der Waals surface area contributed by atoms with E-state index in [0.29, 0.717) is 6.61 Å². The number of methoxy groups -OCH3 is 1. The molecule has 0 spiro atoms. The van der Waals surface area contributed by atoms with E-state index in [0.717, 1.165) is 32.7 Å². The van der Waals surface area contributed by atoms with E-state index in [4.69, 9.17) is 18.9 Å². The van der Waals surface area contributed by atoms with Gasteiger partial charge in [-0.05, 0) is 26.7 Å². The van der Waals surface area contributed by atoms with Crippen molar-refractivity contribution in [1.29, 1.82) is 0 Å². The zero-order valence-electron chi connectivity index (χ0n) is 10.6. The molecule has 1 aliphatic rings. The van der Waals surface area contributed by atoms with Crippen molar-refractivity contribution in [2.75, 3.05) is 33.5 Å². The van der Waals surface area contributed by atoms with Crippen molar-refractivity contribution >= 4 is 0 Å². The lowest BCUT2D eigenvalue weighted by molar-refractivity contribution is -0.0331. The lowest BCUT2D eigenvalue weighted by Crippen LogP contribution is -2.22. The Balaban J connectivity index is 1.95. The topological polar surface area (TPSA) is 36.9 Å². The molecular formula is C12H24O4. The van der Waals surface area contributed by atoms with Crippen molar-refractivity contribution in [1.82, 2.24) is 0 Å². The van der Waals surface area contributed by atoms with Crippen LogP contribution in [0.4, 0.5) is 0 Å². The summed E-state index contributed by atoms with van der Waals surface area (Å²) in [5.41, 5.74) is 0. The van der Waals surface area contributed by atoms with Crippen LogP contribution in [0.3, 0.4) is 0 Å². The van der Waals surface area contributed by atoms with E-state index in [1.54, 1.807) is 7.11 Å². The average Bonchev–Trinajstić information content (AvgIpc) is 2.76. The first-order valence-electron chi connectivity index (χ1n) is 6.06. The van der Waals surface area contributed by atoms with Crippen molar-refractivity contribution in [2.24, 2.45) is 0 Å². The van der Waals surface area contributed by atoms with Crippen LogP contribution in [0.2, 0.25) is 0 Å². The molecule has 1 aliphatic heterocycles. The van der Waals surface area contributed by atoms with Crippen molar-refractivity contribution in [2.45, 2.75) is 45.0 Å². The summed E-state index contributed by atoms with van der Waals surface area (Å²) in [6.07, 6.45) is 2.63. The van der Waals surface area contributed by atoms with Gasteiger partial charge in [0.15, 0.2) is 0 Å². The van der Waals surface area contributed by atoms with E-state index in [1.807, 2.05) is 6.92 Å². The summed E-state index contributed by atoms with van der Waals surface area (Å²) in [4.78, 5) is 0. The summed E-state index contributed by atoms with van der Waals surface area (Å²) < 4.78 is 21.6. The fourth-order valence-electron chi connectivity index (χ4n) is 1.58. The lowest BCUT2D eigenvalue weighted by Gasteiger charge is -2.18. The van der Waals surface area contributed by atoms with Crippen LogP contribution < -0.4 is 0 Å². The Labute approximate surface area is 98.2 Å². The fraction of sp³-hybridized carbons (Fsp3) is 1.00. The van der Waals surface area contributed by atoms with Crippen LogP contribution in [-0.4, -0.2) is 51.8 Å². The second kappa shape index (κ2) is 8.01. The number of hydrogen-bond donors (Lipinski definition) is 0. The average molecular weight is 232 g/mol. The minimum atomic E-state index is 0.166. The molecule has 0 radical (unpaired) electrons. The van der Waals surface area contributed by atoms with Gasteiger partial charge in [0.25, 0.3) is 0 Å². The van der Waals surface area contributed by atoms with E-state index >= 15 is 0 Å². The molecule has 0 aromatic rings. The minimum Gasteiger partial charge on any atom is -0.379 e. The Bertz CT molecular complexity index is 168. The molecule has 0 N–H and O–H groups in total. The third-order valence-electron chi connectivity index (χ3n) is 2.74. The minimum absolute atomic E-state index is 0.166.